The first kappa shape index (κ1) is 11.3. The second kappa shape index (κ2) is 5.21. The Bertz CT molecular complexity index is 511. The highest BCUT2D eigenvalue weighted by Crippen LogP contribution is 2.16. The Balaban J connectivity index is 2.20. The standard InChI is InChI=1S/C13H13N3O/c1-10(17)16-9-11-2-7-15-13(8-11)12-3-5-14-6-4-12/h2-8H,9H2,1H3,(H,16,17). The Morgan fingerprint density at radius 3 is 2.71 bits per heavy atom. The molecule has 1 amide bonds. The molecule has 4 nitrogen and oxygen atoms in total. The van der Waals surface area contributed by atoms with E-state index in [0.717, 1.165) is 16.8 Å². The normalized spacial score (nSPS) is 9.94. The van der Waals surface area contributed by atoms with Crippen LogP contribution in [0.5, 0.6) is 0 Å². The van der Waals surface area contributed by atoms with E-state index in [4.69, 9.17) is 0 Å². The van der Waals surface area contributed by atoms with Crippen LogP contribution in [0, 0.1) is 0 Å². The van der Waals surface area contributed by atoms with Crippen molar-refractivity contribution >= 4 is 5.91 Å². The summed E-state index contributed by atoms with van der Waals surface area (Å²) in [7, 11) is 0. The lowest BCUT2D eigenvalue weighted by Gasteiger charge is -2.05. The number of carbonyl (C=O) groups is 1. The van der Waals surface area contributed by atoms with Gasteiger partial charge in [-0.2, -0.15) is 0 Å². The van der Waals surface area contributed by atoms with Gasteiger partial charge in [0.25, 0.3) is 0 Å². The Labute approximate surface area is 99.7 Å². The molecule has 0 spiro atoms. The van der Waals surface area contributed by atoms with E-state index in [-0.39, 0.29) is 5.91 Å². The average molecular weight is 227 g/mol. The maximum absolute atomic E-state index is 10.8. The fourth-order valence-corrected chi connectivity index (χ4v) is 1.49. The summed E-state index contributed by atoms with van der Waals surface area (Å²) in [5.41, 5.74) is 2.93. The van der Waals surface area contributed by atoms with Gasteiger partial charge in [-0.3, -0.25) is 14.8 Å². The largest absolute Gasteiger partial charge is 0.352 e. The summed E-state index contributed by atoms with van der Waals surface area (Å²) in [5.74, 6) is -0.0349. The first-order chi connectivity index (χ1) is 8.25. The van der Waals surface area contributed by atoms with E-state index in [1.807, 2.05) is 24.3 Å². The van der Waals surface area contributed by atoms with Gasteiger partial charge in [-0.25, -0.2) is 0 Å². The summed E-state index contributed by atoms with van der Waals surface area (Å²) < 4.78 is 0. The van der Waals surface area contributed by atoms with Gasteiger partial charge in [0.05, 0.1) is 5.69 Å². The van der Waals surface area contributed by atoms with Crippen molar-refractivity contribution in [3.05, 3.63) is 48.4 Å². The third-order valence-corrected chi connectivity index (χ3v) is 2.34. The Hall–Kier alpha value is -2.23. The first-order valence-corrected chi connectivity index (χ1v) is 5.35. The zero-order chi connectivity index (χ0) is 12.1. The molecule has 0 fully saturated rings. The summed E-state index contributed by atoms with van der Waals surface area (Å²) in [6.45, 7) is 2.03. The highest BCUT2D eigenvalue weighted by atomic mass is 16.1. The maximum Gasteiger partial charge on any atom is 0.217 e. The van der Waals surface area contributed by atoms with Crippen molar-refractivity contribution in [1.29, 1.82) is 0 Å². The molecule has 4 heteroatoms. The molecule has 0 saturated carbocycles. The van der Waals surface area contributed by atoms with Gasteiger partial charge in [0.1, 0.15) is 0 Å². The van der Waals surface area contributed by atoms with Crippen molar-refractivity contribution in [2.45, 2.75) is 13.5 Å². The highest BCUT2D eigenvalue weighted by molar-refractivity contribution is 5.72. The lowest BCUT2D eigenvalue weighted by Crippen LogP contribution is -2.18. The average Bonchev–Trinajstić information content (AvgIpc) is 2.38. The Kier molecular flexibility index (Phi) is 3.45. The monoisotopic (exact) mass is 227 g/mol. The molecule has 2 heterocycles. The van der Waals surface area contributed by atoms with Crippen molar-refractivity contribution in [2.75, 3.05) is 0 Å². The van der Waals surface area contributed by atoms with Gasteiger partial charge in [-0.15, -0.1) is 0 Å². The van der Waals surface area contributed by atoms with Crippen LogP contribution in [0.3, 0.4) is 0 Å². The van der Waals surface area contributed by atoms with Crippen LogP contribution < -0.4 is 5.32 Å². The molecule has 0 bridgehead atoms. The number of amides is 1. The number of rotatable bonds is 3. The van der Waals surface area contributed by atoms with E-state index >= 15 is 0 Å². The van der Waals surface area contributed by atoms with Gasteiger partial charge in [0, 0.05) is 37.6 Å². The molecule has 0 aliphatic heterocycles. The van der Waals surface area contributed by atoms with Crippen LogP contribution in [0.25, 0.3) is 11.3 Å². The Morgan fingerprint density at radius 2 is 2.00 bits per heavy atom. The Morgan fingerprint density at radius 1 is 1.24 bits per heavy atom. The lowest BCUT2D eigenvalue weighted by atomic mass is 10.1. The van der Waals surface area contributed by atoms with E-state index in [2.05, 4.69) is 15.3 Å². The SMILES string of the molecule is CC(=O)NCc1ccnc(-c2ccncc2)c1. The molecule has 2 aromatic heterocycles. The van der Waals surface area contributed by atoms with E-state index in [1.54, 1.807) is 18.6 Å². The van der Waals surface area contributed by atoms with Gasteiger partial charge >= 0.3 is 0 Å². The molecular weight excluding hydrogens is 214 g/mol. The number of nitrogens with zero attached hydrogens (tertiary/aromatic N) is 2. The predicted molar refractivity (Wildman–Crippen MR) is 65.0 cm³/mol. The third kappa shape index (κ3) is 3.11. The highest BCUT2D eigenvalue weighted by Gasteiger charge is 2.00. The van der Waals surface area contributed by atoms with E-state index in [9.17, 15) is 4.79 Å². The minimum Gasteiger partial charge on any atom is -0.352 e. The quantitative estimate of drug-likeness (QED) is 0.869. The minimum atomic E-state index is -0.0349. The smallest absolute Gasteiger partial charge is 0.217 e. The summed E-state index contributed by atoms with van der Waals surface area (Å²) in [5, 5.41) is 2.76. The fourth-order valence-electron chi connectivity index (χ4n) is 1.49. The van der Waals surface area contributed by atoms with Crippen molar-refractivity contribution in [3.63, 3.8) is 0 Å². The molecule has 0 aromatic carbocycles. The van der Waals surface area contributed by atoms with Gasteiger partial charge in [-0.1, -0.05) is 0 Å². The third-order valence-electron chi connectivity index (χ3n) is 2.34. The van der Waals surface area contributed by atoms with Crippen molar-refractivity contribution < 1.29 is 4.79 Å². The molecule has 0 aliphatic rings. The second-order valence-electron chi connectivity index (χ2n) is 3.69. The number of hydrogen-bond donors (Lipinski definition) is 1. The summed E-state index contributed by atoms with van der Waals surface area (Å²) in [4.78, 5) is 19.1. The van der Waals surface area contributed by atoms with Crippen LogP contribution in [0.15, 0.2) is 42.9 Å². The molecule has 2 aromatic rings. The van der Waals surface area contributed by atoms with E-state index < -0.39 is 0 Å². The summed E-state index contributed by atoms with van der Waals surface area (Å²) >= 11 is 0. The zero-order valence-corrected chi connectivity index (χ0v) is 9.55. The summed E-state index contributed by atoms with van der Waals surface area (Å²) in [6.07, 6.45) is 5.21. The topological polar surface area (TPSA) is 54.9 Å². The molecule has 0 unspecified atom stereocenters. The number of aromatic nitrogens is 2. The number of nitrogens with one attached hydrogen (secondary N) is 1. The fraction of sp³-hybridized carbons (Fsp3) is 0.154. The lowest BCUT2D eigenvalue weighted by molar-refractivity contribution is -0.119. The molecular formula is C13H13N3O. The zero-order valence-electron chi connectivity index (χ0n) is 9.55. The summed E-state index contributed by atoms with van der Waals surface area (Å²) in [6, 6.07) is 7.67. The molecule has 2 rings (SSSR count). The van der Waals surface area contributed by atoms with Crippen LogP contribution in [-0.2, 0) is 11.3 Å². The van der Waals surface area contributed by atoms with Gasteiger partial charge in [0.2, 0.25) is 5.91 Å². The number of hydrogen-bond acceptors (Lipinski definition) is 3. The van der Waals surface area contributed by atoms with Crippen LogP contribution in [0.2, 0.25) is 0 Å². The van der Waals surface area contributed by atoms with Crippen molar-refractivity contribution in [3.8, 4) is 11.3 Å². The number of carbonyl (C=O) groups excluding carboxylic acids is 1. The predicted octanol–water partition coefficient (Wildman–Crippen LogP) is 1.78. The van der Waals surface area contributed by atoms with E-state index in [0.29, 0.717) is 6.54 Å². The van der Waals surface area contributed by atoms with Gasteiger partial charge in [0.15, 0.2) is 0 Å². The second-order valence-corrected chi connectivity index (χ2v) is 3.69. The molecule has 0 radical (unpaired) electrons. The van der Waals surface area contributed by atoms with Crippen molar-refractivity contribution in [1.82, 2.24) is 15.3 Å². The maximum atomic E-state index is 10.8. The molecule has 0 aliphatic carbocycles. The van der Waals surface area contributed by atoms with Gasteiger partial charge in [-0.05, 0) is 29.8 Å². The molecule has 17 heavy (non-hydrogen) atoms. The molecule has 1 N–H and O–H groups in total. The van der Waals surface area contributed by atoms with Crippen LogP contribution in [0.1, 0.15) is 12.5 Å². The number of pyridine rings is 2. The minimum absolute atomic E-state index is 0.0349. The first-order valence-electron chi connectivity index (χ1n) is 5.35. The molecule has 0 saturated heterocycles. The van der Waals surface area contributed by atoms with Crippen LogP contribution >= 0.6 is 0 Å². The molecule has 0 atom stereocenters. The van der Waals surface area contributed by atoms with Crippen LogP contribution in [-0.4, -0.2) is 15.9 Å². The molecule has 86 valence electrons. The van der Waals surface area contributed by atoms with Crippen molar-refractivity contribution in [2.24, 2.45) is 0 Å². The van der Waals surface area contributed by atoms with Crippen LogP contribution in [0.4, 0.5) is 0 Å². The van der Waals surface area contributed by atoms with E-state index in [1.165, 1.54) is 6.92 Å². The van der Waals surface area contributed by atoms with Gasteiger partial charge < -0.3 is 5.32 Å².